The van der Waals surface area contributed by atoms with E-state index in [0.29, 0.717) is 38.4 Å². The predicted molar refractivity (Wildman–Crippen MR) is 106 cm³/mol. The molecule has 158 valence electrons. The first kappa shape index (κ1) is 21.6. The first-order valence-electron chi connectivity index (χ1n) is 9.58. The molecular weight excluding hydrogens is 400 g/mol. The average Bonchev–Trinajstić information content (AvgIpc) is 3.01. The summed E-state index contributed by atoms with van der Waals surface area (Å²) in [7, 11) is 0. The summed E-state index contributed by atoms with van der Waals surface area (Å²) in [6, 6.07) is 9.10. The van der Waals surface area contributed by atoms with Crippen LogP contribution in [-0.4, -0.2) is 54.6 Å². The zero-order chi connectivity index (χ0) is 20.8. The summed E-state index contributed by atoms with van der Waals surface area (Å²) in [5.74, 6) is -0.963. The highest BCUT2D eigenvalue weighted by molar-refractivity contribution is 6.32. The zero-order valence-corrected chi connectivity index (χ0v) is 17.3. The van der Waals surface area contributed by atoms with Crippen molar-refractivity contribution < 1.29 is 23.8 Å². The lowest BCUT2D eigenvalue weighted by atomic mass is 10.1. The van der Waals surface area contributed by atoms with E-state index in [1.54, 1.807) is 26.0 Å². The maximum Gasteiger partial charge on any atom is 0.348 e. The Morgan fingerprint density at radius 3 is 2.52 bits per heavy atom. The minimum atomic E-state index is -0.671. The summed E-state index contributed by atoms with van der Waals surface area (Å²) in [6.07, 6.45) is -0.270. The summed E-state index contributed by atoms with van der Waals surface area (Å²) in [6.45, 7) is 6.46. The number of ether oxygens (including phenoxy) is 1. The molecule has 0 bridgehead atoms. The van der Waals surface area contributed by atoms with Gasteiger partial charge in [-0.15, -0.1) is 0 Å². The van der Waals surface area contributed by atoms with Crippen LogP contribution in [0.5, 0.6) is 0 Å². The largest absolute Gasteiger partial charge is 0.379 e. The van der Waals surface area contributed by atoms with Gasteiger partial charge < -0.3 is 9.26 Å². The van der Waals surface area contributed by atoms with Crippen LogP contribution in [0.4, 0.5) is 0 Å². The smallest absolute Gasteiger partial charge is 0.348 e. The number of hydrogen-bond donors (Lipinski definition) is 0. The molecule has 0 aliphatic carbocycles. The minimum Gasteiger partial charge on any atom is -0.379 e. The second kappa shape index (κ2) is 10.1. The highest BCUT2D eigenvalue weighted by atomic mass is 35.5. The molecule has 1 fully saturated rings. The van der Waals surface area contributed by atoms with Gasteiger partial charge in [0.2, 0.25) is 0 Å². The normalized spacial score (nSPS) is 16.1. The first-order chi connectivity index (χ1) is 14.0. The number of benzene rings is 1. The van der Waals surface area contributed by atoms with Gasteiger partial charge in [-0.1, -0.05) is 41.9 Å². The van der Waals surface area contributed by atoms with Gasteiger partial charge in [-0.05, 0) is 13.8 Å². The Kier molecular flexibility index (Phi) is 7.49. The third-order valence-electron chi connectivity index (χ3n) is 4.48. The standard InChI is InChI=1S/C20H25ClN2O6/c1-14(2)28-29-20(25)16(12-22-8-10-26-11-9-22)13-23-19(24)17(21)18(27-23)15-6-4-3-5-7-15/h3-7,14,16H,8-13H2,1-2H3. The van der Waals surface area contributed by atoms with Crippen molar-refractivity contribution in [2.24, 2.45) is 5.92 Å². The van der Waals surface area contributed by atoms with Crippen molar-refractivity contribution in [3.63, 3.8) is 0 Å². The maximum absolute atomic E-state index is 12.6. The van der Waals surface area contributed by atoms with E-state index in [4.69, 9.17) is 30.6 Å². The van der Waals surface area contributed by atoms with Crippen LogP contribution >= 0.6 is 11.6 Å². The lowest BCUT2D eigenvalue weighted by molar-refractivity contribution is -0.295. The third-order valence-corrected chi connectivity index (χ3v) is 4.81. The van der Waals surface area contributed by atoms with Gasteiger partial charge in [-0.3, -0.25) is 14.6 Å². The highest BCUT2D eigenvalue weighted by Gasteiger charge is 2.29. The molecule has 0 radical (unpaired) electrons. The van der Waals surface area contributed by atoms with E-state index in [1.807, 2.05) is 18.2 Å². The van der Waals surface area contributed by atoms with Crippen LogP contribution in [0.25, 0.3) is 11.3 Å². The molecule has 0 N–H and O–H groups in total. The molecule has 1 aromatic heterocycles. The van der Waals surface area contributed by atoms with Crippen LogP contribution in [0.3, 0.4) is 0 Å². The molecule has 0 saturated carbocycles. The fraction of sp³-hybridized carbons (Fsp3) is 0.500. The van der Waals surface area contributed by atoms with Crippen LogP contribution < -0.4 is 5.56 Å². The molecule has 9 heteroatoms. The molecule has 1 aliphatic heterocycles. The molecule has 1 aromatic carbocycles. The van der Waals surface area contributed by atoms with E-state index < -0.39 is 17.4 Å². The Balaban J connectivity index is 1.80. The van der Waals surface area contributed by atoms with Crippen molar-refractivity contribution >= 4 is 17.6 Å². The molecule has 2 heterocycles. The molecule has 1 aliphatic rings. The van der Waals surface area contributed by atoms with Gasteiger partial charge in [0, 0.05) is 25.2 Å². The van der Waals surface area contributed by atoms with E-state index in [-0.39, 0.29) is 23.4 Å². The number of morpholine rings is 1. The Hall–Kier alpha value is -2.13. The molecule has 1 saturated heterocycles. The Morgan fingerprint density at radius 1 is 1.17 bits per heavy atom. The summed E-state index contributed by atoms with van der Waals surface area (Å²) in [5.41, 5.74) is 0.193. The lowest BCUT2D eigenvalue weighted by Gasteiger charge is -2.29. The molecule has 8 nitrogen and oxygen atoms in total. The zero-order valence-electron chi connectivity index (χ0n) is 16.5. The molecule has 0 amide bonds. The maximum atomic E-state index is 12.6. The van der Waals surface area contributed by atoms with Crippen molar-refractivity contribution in [3.8, 4) is 11.3 Å². The number of hydrogen-bond acceptors (Lipinski definition) is 7. The summed E-state index contributed by atoms with van der Waals surface area (Å²) >= 11 is 6.21. The van der Waals surface area contributed by atoms with Gasteiger partial charge >= 0.3 is 11.5 Å². The van der Waals surface area contributed by atoms with Gasteiger partial charge in [0.15, 0.2) is 10.8 Å². The molecule has 3 rings (SSSR count). The SMILES string of the molecule is CC(C)OOC(=O)C(CN1CCOCC1)Cn1oc(-c2ccccc2)c(Cl)c1=O. The van der Waals surface area contributed by atoms with Gasteiger partial charge in [-0.25, -0.2) is 4.79 Å². The highest BCUT2D eigenvalue weighted by Crippen LogP contribution is 2.26. The Bertz CT molecular complexity index is 858. The van der Waals surface area contributed by atoms with Crippen molar-refractivity contribution in [1.29, 1.82) is 0 Å². The minimum absolute atomic E-state index is 0.0109. The summed E-state index contributed by atoms with van der Waals surface area (Å²) in [4.78, 5) is 37.2. The van der Waals surface area contributed by atoms with Gasteiger partial charge in [0.05, 0.1) is 31.8 Å². The van der Waals surface area contributed by atoms with Crippen LogP contribution in [-0.2, 0) is 25.9 Å². The summed E-state index contributed by atoms with van der Waals surface area (Å²) in [5, 5.41) is -0.0203. The van der Waals surface area contributed by atoms with Crippen LogP contribution in [0.2, 0.25) is 5.02 Å². The lowest BCUT2D eigenvalue weighted by Crippen LogP contribution is -2.43. The predicted octanol–water partition coefficient (Wildman–Crippen LogP) is 2.59. The number of carbonyl (C=O) groups is 1. The van der Waals surface area contributed by atoms with Crippen molar-refractivity contribution in [1.82, 2.24) is 9.64 Å². The van der Waals surface area contributed by atoms with Crippen LogP contribution in [0.1, 0.15) is 13.8 Å². The van der Waals surface area contributed by atoms with E-state index in [9.17, 15) is 9.59 Å². The fourth-order valence-electron chi connectivity index (χ4n) is 3.00. The number of carbonyl (C=O) groups excluding carboxylic acids is 1. The number of nitrogens with zero attached hydrogens (tertiary/aromatic N) is 2. The monoisotopic (exact) mass is 424 g/mol. The van der Waals surface area contributed by atoms with E-state index in [0.717, 1.165) is 4.74 Å². The van der Waals surface area contributed by atoms with Crippen LogP contribution in [0.15, 0.2) is 39.6 Å². The second-order valence-corrected chi connectivity index (χ2v) is 7.50. The van der Waals surface area contributed by atoms with Crippen molar-refractivity contribution in [3.05, 3.63) is 45.7 Å². The van der Waals surface area contributed by atoms with Gasteiger partial charge in [-0.2, -0.15) is 9.63 Å². The Labute approximate surface area is 173 Å². The average molecular weight is 425 g/mol. The fourth-order valence-corrected chi connectivity index (χ4v) is 3.24. The number of halogens is 1. The molecular formula is C20H25ClN2O6. The van der Waals surface area contributed by atoms with E-state index in [2.05, 4.69) is 4.90 Å². The Morgan fingerprint density at radius 2 is 1.86 bits per heavy atom. The topological polar surface area (TPSA) is 83.1 Å². The molecule has 1 atom stereocenters. The quantitative estimate of drug-likeness (QED) is 0.475. The number of aromatic nitrogens is 1. The second-order valence-electron chi connectivity index (χ2n) is 7.12. The molecule has 2 aromatic rings. The molecule has 0 spiro atoms. The third kappa shape index (κ3) is 5.70. The van der Waals surface area contributed by atoms with Gasteiger partial charge in [0.25, 0.3) is 0 Å². The van der Waals surface area contributed by atoms with Crippen molar-refractivity contribution in [2.45, 2.75) is 26.5 Å². The van der Waals surface area contributed by atoms with Gasteiger partial charge in [0.1, 0.15) is 0 Å². The number of rotatable bonds is 8. The van der Waals surface area contributed by atoms with E-state index >= 15 is 0 Å². The van der Waals surface area contributed by atoms with E-state index in [1.165, 1.54) is 0 Å². The first-order valence-corrected chi connectivity index (χ1v) is 9.95. The summed E-state index contributed by atoms with van der Waals surface area (Å²) < 4.78 is 12.2. The van der Waals surface area contributed by atoms with Crippen LogP contribution in [0, 0.1) is 5.92 Å². The molecule has 29 heavy (non-hydrogen) atoms. The molecule has 1 unspecified atom stereocenters. The van der Waals surface area contributed by atoms with Crippen molar-refractivity contribution in [2.75, 3.05) is 32.8 Å².